The van der Waals surface area contributed by atoms with Crippen LogP contribution in [-0.4, -0.2) is 52.9 Å². The highest BCUT2D eigenvalue weighted by Crippen LogP contribution is 2.28. The molecule has 1 aromatic heterocycles. The van der Waals surface area contributed by atoms with Crippen LogP contribution >= 0.6 is 0 Å². The van der Waals surface area contributed by atoms with Crippen LogP contribution in [0.1, 0.15) is 64.8 Å². The predicted octanol–water partition coefficient (Wildman–Crippen LogP) is 3.86. The molecule has 152 valence electrons. The van der Waals surface area contributed by atoms with Crippen LogP contribution < -0.4 is 0 Å². The highest BCUT2D eigenvalue weighted by Gasteiger charge is 2.26. The second-order valence-corrected chi connectivity index (χ2v) is 8.95. The Labute approximate surface area is 173 Å². The van der Waals surface area contributed by atoms with Gasteiger partial charge in [-0.25, -0.2) is 0 Å². The molecule has 0 atom stereocenters. The van der Waals surface area contributed by atoms with E-state index in [0.717, 1.165) is 38.4 Å². The first-order valence-electron chi connectivity index (χ1n) is 11.4. The number of aromatic nitrogens is 1. The summed E-state index contributed by atoms with van der Waals surface area (Å²) in [5.41, 5.74) is 6.15. The molecule has 29 heavy (non-hydrogen) atoms. The summed E-state index contributed by atoms with van der Waals surface area (Å²) in [6.07, 6.45) is 11.5. The van der Waals surface area contributed by atoms with Gasteiger partial charge in [0, 0.05) is 38.4 Å². The zero-order valence-corrected chi connectivity index (χ0v) is 17.3. The Morgan fingerprint density at radius 1 is 0.897 bits per heavy atom. The normalized spacial score (nSPS) is 20.2. The molecule has 1 saturated heterocycles. The van der Waals surface area contributed by atoms with Crippen LogP contribution in [0.5, 0.6) is 0 Å². The molecule has 3 aliphatic rings. The van der Waals surface area contributed by atoms with Crippen LogP contribution in [0, 0.1) is 0 Å². The molecule has 0 bridgehead atoms. The van der Waals surface area contributed by atoms with Crippen molar-refractivity contribution in [1.29, 1.82) is 0 Å². The van der Waals surface area contributed by atoms with Crippen molar-refractivity contribution in [3.8, 4) is 0 Å². The highest BCUT2D eigenvalue weighted by molar-refractivity contribution is 5.92. The zero-order chi connectivity index (χ0) is 19.6. The number of hydrogen-bond donors (Lipinski definition) is 0. The number of rotatable bonds is 4. The minimum absolute atomic E-state index is 0.0788. The number of benzene rings is 1. The zero-order valence-electron chi connectivity index (χ0n) is 17.3. The van der Waals surface area contributed by atoms with Gasteiger partial charge in [0.25, 0.3) is 5.91 Å². The lowest BCUT2D eigenvalue weighted by molar-refractivity contribution is 0.0787. The summed E-state index contributed by atoms with van der Waals surface area (Å²) in [6.45, 7) is 4.16. The quantitative estimate of drug-likeness (QED) is 0.797. The van der Waals surface area contributed by atoms with E-state index in [9.17, 15) is 4.79 Å². The molecule has 3 heterocycles. The standard InChI is InChI=1S/C25H31N3O/c29-25(28-12-1-2-13-28)24-9-7-20(18-26-24)16-19-6-8-21-10-14-27(23-4-3-5-23)15-11-22(21)17-19/h6-9,17-18,23H,1-5,10-16H2. The van der Waals surface area contributed by atoms with Gasteiger partial charge in [0.2, 0.25) is 0 Å². The molecule has 4 heteroatoms. The SMILES string of the molecule is O=C(c1ccc(Cc2ccc3c(c2)CCN(C2CCC2)CC3)cn1)N1CCCC1. The maximum absolute atomic E-state index is 12.5. The summed E-state index contributed by atoms with van der Waals surface area (Å²) in [7, 11) is 0. The topological polar surface area (TPSA) is 36.4 Å². The lowest BCUT2D eigenvalue weighted by Gasteiger charge is -2.36. The van der Waals surface area contributed by atoms with Gasteiger partial charge in [-0.15, -0.1) is 0 Å². The van der Waals surface area contributed by atoms with Gasteiger partial charge in [-0.3, -0.25) is 14.7 Å². The maximum atomic E-state index is 12.5. The van der Waals surface area contributed by atoms with Gasteiger partial charge in [-0.1, -0.05) is 30.7 Å². The van der Waals surface area contributed by atoms with Gasteiger partial charge in [0.05, 0.1) is 0 Å². The average Bonchev–Trinajstić information content (AvgIpc) is 3.17. The Kier molecular flexibility index (Phi) is 5.36. The molecule has 2 fully saturated rings. The number of carbonyl (C=O) groups is 1. The summed E-state index contributed by atoms with van der Waals surface area (Å²) in [5.74, 6) is 0.0788. The maximum Gasteiger partial charge on any atom is 0.272 e. The fraction of sp³-hybridized carbons (Fsp3) is 0.520. The Morgan fingerprint density at radius 3 is 2.34 bits per heavy atom. The van der Waals surface area contributed by atoms with E-state index < -0.39 is 0 Å². The van der Waals surface area contributed by atoms with Crippen molar-refractivity contribution in [1.82, 2.24) is 14.8 Å². The van der Waals surface area contributed by atoms with Gasteiger partial charge >= 0.3 is 0 Å². The summed E-state index contributed by atoms with van der Waals surface area (Å²) in [6, 6.07) is 11.8. The minimum atomic E-state index is 0.0788. The fourth-order valence-corrected chi connectivity index (χ4v) is 5.00. The largest absolute Gasteiger partial charge is 0.337 e. The van der Waals surface area contributed by atoms with E-state index in [1.165, 1.54) is 67.4 Å². The number of carbonyl (C=O) groups excluding carboxylic acids is 1. The van der Waals surface area contributed by atoms with Gasteiger partial charge in [0.1, 0.15) is 5.69 Å². The molecule has 0 spiro atoms. The van der Waals surface area contributed by atoms with Crippen molar-refractivity contribution < 1.29 is 4.79 Å². The van der Waals surface area contributed by atoms with Crippen molar-refractivity contribution in [3.63, 3.8) is 0 Å². The van der Waals surface area contributed by atoms with Crippen LogP contribution in [0.3, 0.4) is 0 Å². The van der Waals surface area contributed by atoms with E-state index in [0.29, 0.717) is 5.69 Å². The van der Waals surface area contributed by atoms with Crippen LogP contribution in [0.4, 0.5) is 0 Å². The number of fused-ring (bicyclic) bond motifs is 1. The summed E-state index contributed by atoms with van der Waals surface area (Å²) >= 11 is 0. The van der Waals surface area contributed by atoms with Gasteiger partial charge < -0.3 is 4.90 Å². The van der Waals surface area contributed by atoms with Gasteiger partial charge in [-0.2, -0.15) is 0 Å². The lowest BCUT2D eigenvalue weighted by atomic mass is 9.91. The van der Waals surface area contributed by atoms with Gasteiger partial charge in [0.15, 0.2) is 0 Å². The Hall–Kier alpha value is -2.20. The van der Waals surface area contributed by atoms with Crippen LogP contribution in [0.15, 0.2) is 36.5 Å². The number of hydrogen-bond acceptors (Lipinski definition) is 3. The van der Waals surface area contributed by atoms with E-state index in [4.69, 9.17) is 0 Å². The summed E-state index contributed by atoms with van der Waals surface area (Å²) in [4.78, 5) is 21.6. The molecule has 2 aromatic rings. The molecular weight excluding hydrogens is 358 g/mol. The van der Waals surface area contributed by atoms with Crippen LogP contribution in [-0.2, 0) is 19.3 Å². The van der Waals surface area contributed by atoms with Gasteiger partial charge in [-0.05, 0) is 73.3 Å². The first kappa shape index (κ1) is 18.8. The molecule has 0 unspecified atom stereocenters. The molecule has 0 radical (unpaired) electrons. The number of nitrogens with zero attached hydrogens (tertiary/aromatic N) is 3. The Morgan fingerprint density at radius 2 is 1.66 bits per heavy atom. The minimum Gasteiger partial charge on any atom is -0.337 e. The number of likely N-dealkylation sites (tertiary alicyclic amines) is 1. The first-order valence-corrected chi connectivity index (χ1v) is 11.4. The van der Waals surface area contributed by atoms with Crippen LogP contribution in [0.25, 0.3) is 0 Å². The molecule has 0 N–H and O–H groups in total. The number of pyridine rings is 1. The highest BCUT2D eigenvalue weighted by atomic mass is 16.2. The van der Waals surface area contributed by atoms with E-state index in [1.54, 1.807) is 0 Å². The fourth-order valence-electron chi connectivity index (χ4n) is 5.00. The molecule has 1 amide bonds. The van der Waals surface area contributed by atoms with Crippen molar-refractivity contribution in [3.05, 3.63) is 64.5 Å². The molecule has 2 aliphatic heterocycles. The second-order valence-electron chi connectivity index (χ2n) is 8.95. The predicted molar refractivity (Wildman–Crippen MR) is 115 cm³/mol. The third kappa shape index (κ3) is 4.09. The van der Waals surface area contributed by atoms with E-state index in [2.05, 4.69) is 34.1 Å². The smallest absolute Gasteiger partial charge is 0.272 e. The van der Waals surface area contributed by atoms with E-state index in [-0.39, 0.29) is 5.91 Å². The molecule has 1 aromatic carbocycles. The Balaban J connectivity index is 1.24. The average molecular weight is 390 g/mol. The molecule has 1 aliphatic carbocycles. The second kappa shape index (κ2) is 8.27. The number of amides is 1. The van der Waals surface area contributed by atoms with Crippen molar-refractivity contribution in [2.45, 2.75) is 57.4 Å². The molecular formula is C25H31N3O. The summed E-state index contributed by atoms with van der Waals surface area (Å²) in [5, 5.41) is 0. The molecule has 5 rings (SSSR count). The molecule has 4 nitrogen and oxygen atoms in total. The van der Waals surface area contributed by atoms with Crippen molar-refractivity contribution >= 4 is 5.91 Å². The van der Waals surface area contributed by atoms with E-state index in [1.807, 2.05) is 17.2 Å². The third-order valence-corrected chi connectivity index (χ3v) is 7.04. The monoisotopic (exact) mass is 389 g/mol. The van der Waals surface area contributed by atoms with Crippen molar-refractivity contribution in [2.75, 3.05) is 26.2 Å². The van der Waals surface area contributed by atoms with E-state index >= 15 is 0 Å². The van der Waals surface area contributed by atoms with Crippen molar-refractivity contribution in [2.24, 2.45) is 0 Å². The molecule has 1 saturated carbocycles. The summed E-state index contributed by atoms with van der Waals surface area (Å²) < 4.78 is 0. The first-order chi connectivity index (χ1) is 14.3. The Bertz CT molecular complexity index is 866. The lowest BCUT2D eigenvalue weighted by Crippen LogP contribution is -2.41. The third-order valence-electron chi connectivity index (χ3n) is 7.04. The van der Waals surface area contributed by atoms with Crippen LogP contribution in [0.2, 0.25) is 0 Å².